The van der Waals surface area contributed by atoms with Crippen LogP contribution in [0.25, 0.3) is 0 Å². The smallest absolute Gasteiger partial charge is 0.338 e. The molecule has 20 heavy (non-hydrogen) atoms. The Morgan fingerprint density at radius 3 is 2.50 bits per heavy atom. The lowest BCUT2D eigenvalue weighted by molar-refractivity contribution is 0.0692. The predicted octanol–water partition coefficient (Wildman–Crippen LogP) is 2.20. The first-order valence-corrected chi connectivity index (χ1v) is 6.71. The van der Waals surface area contributed by atoms with Crippen LogP contribution in [0.15, 0.2) is 18.2 Å². The molecule has 0 aliphatic heterocycles. The maximum Gasteiger partial charge on any atom is 0.338 e. The minimum Gasteiger partial charge on any atom is -0.478 e. The van der Waals surface area contributed by atoms with Crippen molar-refractivity contribution < 1.29 is 14.3 Å². The highest BCUT2D eigenvalue weighted by Crippen LogP contribution is 2.11. The predicted molar refractivity (Wildman–Crippen MR) is 77.4 cm³/mol. The number of hydrogen-bond donors (Lipinski definition) is 2. The van der Waals surface area contributed by atoms with Gasteiger partial charge in [0.15, 0.2) is 0 Å². The van der Waals surface area contributed by atoms with Crippen molar-refractivity contribution in [2.24, 2.45) is 5.92 Å². The molecule has 0 aliphatic rings. The number of benzene rings is 1. The first kappa shape index (κ1) is 16.6. The van der Waals surface area contributed by atoms with E-state index in [1.165, 1.54) is 12.1 Å². The normalized spacial score (nSPS) is 12.9. The molecule has 0 saturated carbocycles. The second kappa shape index (κ2) is 7.36. The van der Waals surface area contributed by atoms with E-state index in [9.17, 15) is 9.18 Å². The highest BCUT2D eigenvalue weighted by molar-refractivity contribution is 5.87. The lowest BCUT2D eigenvalue weighted by Gasteiger charge is -2.25. The van der Waals surface area contributed by atoms with Crippen LogP contribution >= 0.6 is 0 Å². The number of rotatable bonds is 7. The zero-order valence-electron chi connectivity index (χ0n) is 12.5. The Morgan fingerprint density at radius 2 is 2.05 bits per heavy atom. The summed E-state index contributed by atoms with van der Waals surface area (Å²) in [6.45, 7) is 5.69. The molecule has 0 amide bonds. The van der Waals surface area contributed by atoms with Crippen molar-refractivity contribution in [3.8, 4) is 0 Å². The fourth-order valence-corrected chi connectivity index (χ4v) is 2.00. The van der Waals surface area contributed by atoms with E-state index >= 15 is 0 Å². The van der Waals surface area contributed by atoms with E-state index in [1.54, 1.807) is 6.07 Å². The molecule has 0 bridgehead atoms. The van der Waals surface area contributed by atoms with Gasteiger partial charge in [0.1, 0.15) is 5.82 Å². The van der Waals surface area contributed by atoms with Crippen molar-refractivity contribution in [3.05, 3.63) is 35.1 Å². The van der Waals surface area contributed by atoms with Gasteiger partial charge in [-0.1, -0.05) is 19.9 Å². The van der Waals surface area contributed by atoms with Crippen LogP contribution in [0, 0.1) is 11.7 Å². The Labute approximate surface area is 119 Å². The van der Waals surface area contributed by atoms with Crippen LogP contribution in [0.1, 0.15) is 29.8 Å². The standard InChI is InChI=1S/C15H23FN2O2/c1-10(2)14(9-18(3)4)17-8-11-5-6-12(15(19)20)13(16)7-11/h5-7,10,14,17H,8-9H2,1-4H3,(H,19,20). The summed E-state index contributed by atoms with van der Waals surface area (Å²) < 4.78 is 13.6. The van der Waals surface area contributed by atoms with Gasteiger partial charge in [-0.05, 0) is 37.7 Å². The summed E-state index contributed by atoms with van der Waals surface area (Å²) in [7, 11) is 4.02. The summed E-state index contributed by atoms with van der Waals surface area (Å²) in [6, 6.07) is 4.54. The minimum absolute atomic E-state index is 0.289. The largest absolute Gasteiger partial charge is 0.478 e. The average Bonchev–Trinajstić information content (AvgIpc) is 2.33. The molecule has 0 radical (unpaired) electrons. The second-order valence-corrected chi connectivity index (χ2v) is 5.61. The molecule has 112 valence electrons. The van der Waals surface area contributed by atoms with E-state index < -0.39 is 11.8 Å². The molecule has 0 aliphatic carbocycles. The van der Waals surface area contributed by atoms with Gasteiger partial charge in [0.05, 0.1) is 5.56 Å². The zero-order chi connectivity index (χ0) is 15.3. The van der Waals surface area contributed by atoms with Crippen molar-refractivity contribution in [1.29, 1.82) is 0 Å². The molecule has 2 N–H and O–H groups in total. The number of carboxylic acid groups (broad SMARTS) is 1. The van der Waals surface area contributed by atoms with Crippen molar-refractivity contribution in [3.63, 3.8) is 0 Å². The monoisotopic (exact) mass is 282 g/mol. The summed E-state index contributed by atoms with van der Waals surface area (Å²) in [5.41, 5.74) is 0.458. The number of likely N-dealkylation sites (N-methyl/N-ethyl adjacent to an activating group) is 1. The van der Waals surface area contributed by atoms with E-state index in [0.717, 1.165) is 12.1 Å². The molecule has 0 aromatic heterocycles. The number of hydrogen-bond acceptors (Lipinski definition) is 3. The molecule has 4 nitrogen and oxygen atoms in total. The van der Waals surface area contributed by atoms with Crippen molar-refractivity contribution >= 4 is 5.97 Å². The highest BCUT2D eigenvalue weighted by Gasteiger charge is 2.15. The lowest BCUT2D eigenvalue weighted by Crippen LogP contribution is -2.41. The third kappa shape index (κ3) is 4.90. The number of carbonyl (C=O) groups is 1. The molecule has 1 atom stereocenters. The van der Waals surface area contributed by atoms with Crippen LogP contribution in [-0.4, -0.2) is 42.7 Å². The molecule has 1 rings (SSSR count). The Hall–Kier alpha value is -1.46. The number of carboxylic acids is 1. The highest BCUT2D eigenvalue weighted by atomic mass is 19.1. The van der Waals surface area contributed by atoms with Gasteiger partial charge in [-0.3, -0.25) is 0 Å². The van der Waals surface area contributed by atoms with E-state index in [0.29, 0.717) is 18.5 Å². The van der Waals surface area contributed by atoms with Gasteiger partial charge in [0.25, 0.3) is 0 Å². The van der Waals surface area contributed by atoms with Gasteiger partial charge in [-0.15, -0.1) is 0 Å². The minimum atomic E-state index is -1.24. The first-order chi connectivity index (χ1) is 9.31. The molecular formula is C15H23FN2O2. The fourth-order valence-electron chi connectivity index (χ4n) is 2.00. The van der Waals surface area contributed by atoms with Gasteiger partial charge in [0.2, 0.25) is 0 Å². The molecule has 1 aromatic rings. The molecule has 0 heterocycles. The van der Waals surface area contributed by atoms with E-state index in [-0.39, 0.29) is 5.56 Å². The Kier molecular flexibility index (Phi) is 6.10. The molecule has 1 unspecified atom stereocenters. The van der Waals surface area contributed by atoms with E-state index in [2.05, 4.69) is 24.1 Å². The molecule has 0 spiro atoms. The molecule has 0 saturated heterocycles. The zero-order valence-corrected chi connectivity index (χ0v) is 12.5. The Bertz CT molecular complexity index is 461. The van der Waals surface area contributed by atoms with Crippen molar-refractivity contribution in [2.45, 2.75) is 26.4 Å². The third-order valence-corrected chi connectivity index (χ3v) is 3.20. The van der Waals surface area contributed by atoms with Crippen LogP contribution in [0.4, 0.5) is 4.39 Å². The van der Waals surface area contributed by atoms with E-state index in [4.69, 9.17) is 5.11 Å². The Morgan fingerprint density at radius 1 is 1.40 bits per heavy atom. The van der Waals surface area contributed by atoms with Crippen LogP contribution < -0.4 is 5.32 Å². The SMILES string of the molecule is CC(C)C(CN(C)C)NCc1ccc(C(=O)O)c(F)c1. The summed E-state index contributed by atoms with van der Waals surface area (Å²) >= 11 is 0. The van der Waals surface area contributed by atoms with Gasteiger partial charge in [-0.2, -0.15) is 0 Å². The number of nitrogens with zero attached hydrogens (tertiary/aromatic N) is 1. The molecule has 5 heteroatoms. The number of aromatic carboxylic acids is 1. The summed E-state index contributed by atoms with van der Waals surface area (Å²) in [4.78, 5) is 12.9. The van der Waals surface area contributed by atoms with Gasteiger partial charge >= 0.3 is 5.97 Å². The topological polar surface area (TPSA) is 52.6 Å². The van der Waals surface area contributed by atoms with Gasteiger partial charge < -0.3 is 15.3 Å². The van der Waals surface area contributed by atoms with Crippen LogP contribution in [0.5, 0.6) is 0 Å². The van der Waals surface area contributed by atoms with Crippen LogP contribution in [0.3, 0.4) is 0 Å². The van der Waals surface area contributed by atoms with Crippen LogP contribution in [-0.2, 0) is 6.54 Å². The maximum atomic E-state index is 13.6. The van der Waals surface area contributed by atoms with E-state index in [1.807, 2.05) is 14.1 Å². The number of halogens is 1. The Balaban J connectivity index is 2.68. The van der Waals surface area contributed by atoms with Crippen LogP contribution in [0.2, 0.25) is 0 Å². The summed E-state index contributed by atoms with van der Waals surface area (Å²) in [5.74, 6) is -1.47. The lowest BCUT2D eigenvalue weighted by atomic mass is 10.0. The maximum absolute atomic E-state index is 13.6. The molecular weight excluding hydrogens is 259 g/mol. The number of nitrogens with one attached hydrogen (secondary N) is 1. The van der Waals surface area contributed by atoms with Crippen molar-refractivity contribution in [2.75, 3.05) is 20.6 Å². The summed E-state index contributed by atoms with van der Waals surface area (Å²) in [6.07, 6.45) is 0. The molecule has 1 aromatic carbocycles. The van der Waals surface area contributed by atoms with Gasteiger partial charge in [-0.25, -0.2) is 9.18 Å². The quantitative estimate of drug-likeness (QED) is 0.805. The fraction of sp³-hybridized carbons (Fsp3) is 0.533. The summed E-state index contributed by atoms with van der Waals surface area (Å²) in [5, 5.41) is 12.2. The van der Waals surface area contributed by atoms with Gasteiger partial charge in [0, 0.05) is 19.1 Å². The second-order valence-electron chi connectivity index (χ2n) is 5.61. The third-order valence-electron chi connectivity index (χ3n) is 3.20. The first-order valence-electron chi connectivity index (χ1n) is 6.71. The molecule has 0 fully saturated rings. The van der Waals surface area contributed by atoms with Crippen molar-refractivity contribution in [1.82, 2.24) is 10.2 Å². The average molecular weight is 282 g/mol.